The molecule has 29 heavy (non-hydrogen) atoms. The number of imidazole rings is 1. The lowest BCUT2D eigenvalue weighted by Gasteiger charge is -2.33. The van der Waals surface area contributed by atoms with E-state index >= 15 is 0 Å². The average molecular weight is 420 g/mol. The highest BCUT2D eigenvalue weighted by Gasteiger charge is 2.32. The molecule has 1 aliphatic carbocycles. The van der Waals surface area contributed by atoms with E-state index in [-0.39, 0.29) is 11.9 Å². The number of benzene rings is 1. The smallest absolute Gasteiger partial charge is 0.243 e. The molecule has 1 aromatic carbocycles. The maximum atomic E-state index is 14.4. The van der Waals surface area contributed by atoms with E-state index in [0.29, 0.717) is 42.6 Å². The number of rotatable bonds is 4. The fraction of sp³-hybridized carbons (Fsp3) is 0.389. The van der Waals surface area contributed by atoms with Crippen LogP contribution in [-0.2, 0) is 10.0 Å². The molecule has 0 aliphatic heterocycles. The molecule has 0 radical (unpaired) electrons. The van der Waals surface area contributed by atoms with Gasteiger partial charge in [-0.1, -0.05) is 0 Å². The number of aliphatic hydroxyl groups is 1. The fourth-order valence-corrected chi connectivity index (χ4v) is 4.95. The van der Waals surface area contributed by atoms with Gasteiger partial charge < -0.3 is 10.8 Å². The predicted octanol–water partition coefficient (Wildman–Crippen LogP) is 1.48. The van der Waals surface area contributed by atoms with Gasteiger partial charge in [-0.05, 0) is 50.8 Å². The summed E-state index contributed by atoms with van der Waals surface area (Å²) < 4.78 is 44.1. The van der Waals surface area contributed by atoms with Crippen molar-refractivity contribution in [3.8, 4) is 11.3 Å². The van der Waals surface area contributed by atoms with Crippen molar-refractivity contribution >= 4 is 21.5 Å². The van der Waals surface area contributed by atoms with Gasteiger partial charge in [-0.2, -0.15) is 5.10 Å². The molecule has 2 heterocycles. The molecule has 0 spiro atoms. The molecule has 1 fully saturated rings. The van der Waals surface area contributed by atoms with Gasteiger partial charge in [-0.3, -0.25) is 0 Å². The lowest BCUT2D eigenvalue weighted by atomic mass is 9.84. The zero-order valence-electron chi connectivity index (χ0n) is 15.7. The molecule has 3 aromatic rings. The zero-order chi connectivity index (χ0) is 20.8. The zero-order valence-corrected chi connectivity index (χ0v) is 16.5. The van der Waals surface area contributed by atoms with Gasteiger partial charge in [0.2, 0.25) is 10.0 Å². The fourth-order valence-electron chi connectivity index (χ4n) is 3.54. The summed E-state index contributed by atoms with van der Waals surface area (Å²) in [6.07, 6.45) is 4.65. The van der Waals surface area contributed by atoms with Gasteiger partial charge in [-0.25, -0.2) is 32.0 Å². The molecule has 154 valence electrons. The first kappa shape index (κ1) is 19.7. The van der Waals surface area contributed by atoms with E-state index in [2.05, 4.69) is 19.8 Å². The van der Waals surface area contributed by atoms with E-state index in [1.54, 1.807) is 6.92 Å². The Morgan fingerprint density at radius 3 is 2.76 bits per heavy atom. The van der Waals surface area contributed by atoms with Crippen LogP contribution in [0.2, 0.25) is 0 Å². The number of sulfonamides is 1. The van der Waals surface area contributed by atoms with Crippen molar-refractivity contribution in [3.63, 3.8) is 0 Å². The van der Waals surface area contributed by atoms with Gasteiger partial charge in [-0.15, -0.1) is 0 Å². The standard InChI is InChI=1S/C18H21FN6O3S/c1-18(26)6-4-12(5-7-18)24-29(27,28)15-8-11(2-3-13(15)19)14-9-21-17-16(20)22-10-23-25(14)17/h2-3,8-10,12,24,26H,4-7H2,1H3,(H2,20,22,23)/t12-,18-. The van der Waals surface area contributed by atoms with Crippen LogP contribution in [0.15, 0.2) is 35.6 Å². The first-order chi connectivity index (χ1) is 13.7. The van der Waals surface area contributed by atoms with Crippen LogP contribution in [0.4, 0.5) is 10.2 Å². The van der Waals surface area contributed by atoms with Crippen molar-refractivity contribution in [1.29, 1.82) is 0 Å². The monoisotopic (exact) mass is 420 g/mol. The molecule has 0 atom stereocenters. The predicted molar refractivity (Wildman–Crippen MR) is 104 cm³/mol. The van der Waals surface area contributed by atoms with Crippen molar-refractivity contribution in [1.82, 2.24) is 24.3 Å². The lowest BCUT2D eigenvalue weighted by molar-refractivity contribution is 0.0163. The minimum Gasteiger partial charge on any atom is -0.390 e. The number of nitrogens with zero attached hydrogens (tertiary/aromatic N) is 4. The number of hydrogen-bond acceptors (Lipinski definition) is 7. The Hall–Kier alpha value is -2.63. The Balaban J connectivity index is 1.67. The quantitative estimate of drug-likeness (QED) is 0.582. The SMILES string of the molecule is C[C@]1(O)CC[C@H](NS(=O)(=O)c2cc(-c3cnc4c(N)ncnn34)ccc2F)CC1. The summed E-state index contributed by atoms with van der Waals surface area (Å²) in [5.74, 6) is -0.678. The van der Waals surface area contributed by atoms with Gasteiger partial charge in [0.25, 0.3) is 0 Å². The summed E-state index contributed by atoms with van der Waals surface area (Å²) in [7, 11) is -4.10. The molecule has 0 saturated heterocycles. The molecule has 0 amide bonds. The number of nitrogens with one attached hydrogen (secondary N) is 1. The molecule has 9 nitrogen and oxygen atoms in total. The molecule has 1 aliphatic rings. The molecule has 4 rings (SSSR count). The number of anilines is 1. The molecule has 0 bridgehead atoms. The minimum absolute atomic E-state index is 0.177. The second kappa shape index (κ2) is 7.01. The maximum absolute atomic E-state index is 14.4. The summed E-state index contributed by atoms with van der Waals surface area (Å²) in [4.78, 5) is 7.55. The van der Waals surface area contributed by atoms with Crippen LogP contribution in [0.25, 0.3) is 16.9 Å². The number of halogens is 1. The third-order valence-electron chi connectivity index (χ3n) is 5.23. The van der Waals surface area contributed by atoms with Crippen LogP contribution in [-0.4, -0.2) is 44.7 Å². The number of nitrogens with two attached hydrogens (primary N) is 1. The van der Waals surface area contributed by atoms with E-state index in [1.165, 1.54) is 29.2 Å². The summed E-state index contributed by atoms with van der Waals surface area (Å²) in [6.45, 7) is 1.73. The van der Waals surface area contributed by atoms with Crippen LogP contribution < -0.4 is 10.5 Å². The lowest BCUT2D eigenvalue weighted by Crippen LogP contribution is -2.42. The second-order valence-electron chi connectivity index (χ2n) is 7.56. The van der Waals surface area contributed by atoms with Gasteiger partial charge in [0.05, 0.1) is 17.5 Å². The third kappa shape index (κ3) is 3.80. The average Bonchev–Trinajstić information content (AvgIpc) is 3.09. The Morgan fingerprint density at radius 1 is 1.31 bits per heavy atom. The van der Waals surface area contributed by atoms with E-state index in [1.807, 2.05) is 0 Å². The van der Waals surface area contributed by atoms with Crippen LogP contribution in [0.5, 0.6) is 0 Å². The number of nitrogen functional groups attached to an aromatic ring is 1. The second-order valence-corrected chi connectivity index (χ2v) is 9.24. The maximum Gasteiger partial charge on any atom is 0.243 e. The highest BCUT2D eigenvalue weighted by molar-refractivity contribution is 7.89. The molecule has 4 N–H and O–H groups in total. The molecule has 11 heteroatoms. The Kier molecular flexibility index (Phi) is 4.75. The first-order valence-corrected chi connectivity index (χ1v) is 10.6. The van der Waals surface area contributed by atoms with E-state index in [9.17, 15) is 17.9 Å². The van der Waals surface area contributed by atoms with Crippen molar-refractivity contribution in [3.05, 3.63) is 36.5 Å². The van der Waals surface area contributed by atoms with Crippen LogP contribution in [0.3, 0.4) is 0 Å². The van der Waals surface area contributed by atoms with Crippen LogP contribution >= 0.6 is 0 Å². The van der Waals surface area contributed by atoms with Gasteiger partial charge in [0.15, 0.2) is 11.5 Å². The van der Waals surface area contributed by atoms with E-state index < -0.39 is 26.3 Å². The number of fused-ring (bicyclic) bond motifs is 1. The highest BCUT2D eigenvalue weighted by atomic mass is 32.2. The van der Waals surface area contributed by atoms with Crippen LogP contribution in [0.1, 0.15) is 32.6 Å². The molecular weight excluding hydrogens is 399 g/mol. The van der Waals surface area contributed by atoms with Gasteiger partial charge in [0, 0.05) is 11.6 Å². The van der Waals surface area contributed by atoms with Crippen molar-refractivity contribution in [2.45, 2.75) is 49.1 Å². The summed E-state index contributed by atoms with van der Waals surface area (Å²) in [6, 6.07) is 3.44. The number of hydrogen-bond donors (Lipinski definition) is 3. The largest absolute Gasteiger partial charge is 0.390 e. The van der Waals surface area contributed by atoms with Crippen molar-refractivity contribution in [2.75, 3.05) is 5.73 Å². The van der Waals surface area contributed by atoms with Crippen molar-refractivity contribution < 1.29 is 17.9 Å². The minimum atomic E-state index is -4.10. The molecular formula is C18H21FN6O3S. The highest BCUT2D eigenvalue weighted by Crippen LogP contribution is 2.30. The van der Waals surface area contributed by atoms with E-state index in [4.69, 9.17) is 5.73 Å². The van der Waals surface area contributed by atoms with Gasteiger partial charge in [0.1, 0.15) is 17.0 Å². The summed E-state index contributed by atoms with van der Waals surface area (Å²) >= 11 is 0. The molecule has 1 saturated carbocycles. The van der Waals surface area contributed by atoms with E-state index in [0.717, 1.165) is 6.07 Å². The Labute approximate surface area is 166 Å². The summed E-state index contributed by atoms with van der Waals surface area (Å²) in [5.41, 5.74) is 6.18. The molecule has 2 aromatic heterocycles. The number of aromatic nitrogens is 4. The Morgan fingerprint density at radius 2 is 2.03 bits per heavy atom. The normalized spacial score (nSPS) is 22.8. The first-order valence-electron chi connectivity index (χ1n) is 9.15. The van der Waals surface area contributed by atoms with Crippen molar-refractivity contribution in [2.24, 2.45) is 0 Å². The Bertz CT molecular complexity index is 1170. The van der Waals surface area contributed by atoms with Gasteiger partial charge >= 0.3 is 0 Å². The topological polar surface area (TPSA) is 136 Å². The molecule has 0 unspecified atom stereocenters. The third-order valence-corrected chi connectivity index (χ3v) is 6.77. The summed E-state index contributed by atoms with van der Waals surface area (Å²) in [5, 5.41) is 14.1. The van der Waals surface area contributed by atoms with Crippen LogP contribution in [0, 0.1) is 5.82 Å².